The molecule has 1 aliphatic rings. The zero-order valence-electron chi connectivity index (χ0n) is 13.1. The summed E-state index contributed by atoms with van der Waals surface area (Å²) in [5.74, 6) is 2.07. The predicted octanol–water partition coefficient (Wildman–Crippen LogP) is 3.32. The maximum Gasteiger partial charge on any atom is 0.199 e. The third-order valence-corrected chi connectivity index (χ3v) is 4.30. The van der Waals surface area contributed by atoms with Gasteiger partial charge in [-0.15, -0.1) is 0 Å². The molecule has 0 aliphatic carbocycles. The monoisotopic (exact) mass is 303 g/mol. The number of hydrogen-bond acceptors (Lipinski definition) is 5. The average molecular weight is 303 g/mol. The summed E-state index contributed by atoms with van der Waals surface area (Å²) in [6.07, 6.45) is 5.27. The molecule has 0 N–H and O–H groups in total. The molecule has 23 heavy (non-hydrogen) atoms. The van der Waals surface area contributed by atoms with Gasteiger partial charge in [0.15, 0.2) is 11.6 Å². The van der Waals surface area contributed by atoms with E-state index >= 15 is 0 Å². The van der Waals surface area contributed by atoms with Crippen LogP contribution in [0.3, 0.4) is 0 Å². The van der Waals surface area contributed by atoms with Crippen molar-refractivity contribution in [2.75, 3.05) is 4.90 Å². The van der Waals surface area contributed by atoms with Crippen molar-refractivity contribution in [3.8, 4) is 11.6 Å². The van der Waals surface area contributed by atoms with Crippen molar-refractivity contribution in [3.05, 3.63) is 65.6 Å². The summed E-state index contributed by atoms with van der Waals surface area (Å²) < 4.78 is 0. The first-order valence-corrected chi connectivity index (χ1v) is 7.69. The maximum atomic E-state index is 4.75. The SMILES string of the molecule is Cc1cnc(-c2ncccn2)nc1N1Cc2ccccc2C1C. The van der Waals surface area contributed by atoms with Crippen molar-refractivity contribution < 1.29 is 0 Å². The second kappa shape index (κ2) is 5.43. The molecule has 0 bridgehead atoms. The number of rotatable bonds is 2. The summed E-state index contributed by atoms with van der Waals surface area (Å²) in [6, 6.07) is 10.6. The lowest BCUT2D eigenvalue weighted by atomic mass is 10.1. The molecule has 114 valence electrons. The molecule has 5 nitrogen and oxygen atoms in total. The van der Waals surface area contributed by atoms with Gasteiger partial charge in [-0.25, -0.2) is 19.9 Å². The Morgan fingerprint density at radius 3 is 2.57 bits per heavy atom. The highest BCUT2D eigenvalue weighted by molar-refractivity contribution is 5.57. The fraction of sp³-hybridized carbons (Fsp3) is 0.222. The van der Waals surface area contributed by atoms with Gasteiger partial charge in [0.25, 0.3) is 0 Å². The number of aromatic nitrogens is 4. The zero-order chi connectivity index (χ0) is 15.8. The van der Waals surface area contributed by atoms with Gasteiger partial charge in [-0.3, -0.25) is 0 Å². The first-order chi connectivity index (χ1) is 11.2. The van der Waals surface area contributed by atoms with E-state index in [-0.39, 0.29) is 0 Å². The van der Waals surface area contributed by atoms with E-state index in [1.165, 1.54) is 11.1 Å². The smallest absolute Gasteiger partial charge is 0.199 e. The second-order valence-corrected chi connectivity index (χ2v) is 5.78. The van der Waals surface area contributed by atoms with Crippen LogP contribution >= 0.6 is 0 Å². The molecule has 5 heteroatoms. The fourth-order valence-corrected chi connectivity index (χ4v) is 3.08. The lowest BCUT2D eigenvalue weighted by molar-refractivity contribution is 0.715. The Morgan fingerprint density at radius 1 is 1.00 bits per heavy atom. The molecular formula is C18H17N5. The average Bonchev–Trinajstić information content (AvgIpc) is 2.93. The van der Waals surface area contributed by atoms with E-state index in [1.807, 2.05) is 13.1 Å². The molecule has 1 aliphatic heterocycles. The normalized spacial score (nSPS) is 16.4. The predicted molar refractivity (Wildman–Crippen MR) is 88.8 cm³/mol. The Labute approximate surface area is 135 Å². The maximum absolute atomic E-state index is 4.75. The molecular weight excluding hydrogens is 286 g/mol. The van der Waals surface area contributed by atoms with Crippen LogP contribution in [0.5, 0.6) is 0 Å². The van der Waals surface area contributed by atoms with Crippen molar-refractivity contribution in [3.63, 3.8) is 0 Å². The van der Waals surface area contributed by atoms with Gasteiger partial charge in [-0.1, -0.05) is 24.3 Å². The summed E-state index contributed by atoms with van der Waals surface area (Å²) in [5, 5.41) is 0. The molecule has 0 radical (unpaired) electrons. The van der Waals surface area contributed by atoms with E-state index in [2.05, 4.69) is 51.0 Å². The Balaban J connectivity index is 1.76. The Bertz CT molecular complexity index is 847. The van der Waals surface area contributed by atoms with Crippen molar-refractivity contribution in [2.45, 2.75) is 26.4 Å². The fourth-order valence-electron chi connectivity index (χ4n) is 3.08. The van der Waals surface area contributed by atoms with Crippen LogP contribution in [-0.4, -0.2) is 19.9 Å². The quantitative estimate of drug-likeness (QED) is 0.727. The minimum Gasteiger partial charge on any atom is -0.345 e. The summed E-state index contributed by atoms with van der Waals surface area (Å²) in [5.41, 5.74) is 3.78. The van der Waals surface area contributed by atoms with E-state index in [1.54, 1.807) is 18.5 Å². The van der Waals surface area contributed by atoms with Gasteiger partial charge in [-0.2, -0.15) is 0 Å². The number of hydrogen-bond donors (Lipinski definition) is 0. The molecule has 0 spiro atoms. The van der Waals surface area contributed by atoms with Crippen LogP contribution in [0.2, 0.25) is 0 Å². The van der Waals surface area contributed by atoms with Crippen LogP contribution in [0.1, 0.15) is 29.7 Å². The number of fused-ring (bicyclic) bond motifs is 1. The lowest BCUT2D eigenvalue weighted by Crippen LogP contribution is -2.21. The van der Waals surface area contributed by atoms with Crippen molar-refractivity contribution >= 4 is 5.82 Å². The Kier molecular flexibility index (Phi) is 3.26. The molecule has 3 heterocycles. The molecule has 1 atom stereocenters. The second-order valence-electron chi connectivity index (χ2n) is 5.78. The Morgan fingerprint density at radius 2 is 1.78 bits per heavy atom. The van der Waals surface area contributed by atoms with Crippen LogP contribution in [0.25, 0.3) is 11.6 Å². The summed E-state index contributed by atoms with van der Waals surface area (Å²) in [6.45, 7) is 5.12. The van der Waals surface area contributed by atoms with Gasteiger partial charge in [0.1, 0.15) is 5.82 Å². The summed E-state index contributed by atoms with van der Waals surface area (Å²) in [4.78, 5) is 20.0. The van der Waals surface area contributed by atoms with Gasteiger partial charge in [-0.05, 0) is 31.0 Å². The summed E-state index contributed by atoms with van der Waals surface area (Å²) >= 11 is 0. The number of nitrogens with zero attached hydrogens (tertiary/aromatic N) is 5. The van der Waals surface area contributed by atoms with Crippen LogP contribution in [0.15, 0.2) is 48.9 Å². The highest BCUT2D eigenvalue weighted by Crippen LogP contribution is 2.37. The standard InChI is InChI=1S/C18H17N5/c1-12-10-21-17(16-19-8-5-9-20-16)22-18(12)23-11-14-6-3-4-7-15(14)13(23)2/h3-10,13H,11H2,1-2H3. The minimum absolute atomic E-state index is 0.296. The van der Waals surface area contributed by atoms with Gasteiger partial charge >= 0.3 is 0 Å². The van der Waals surface area contributed by atoms with Crippen molar-refractivity contribution in [2.24, 2.45) is 0 Å². The van der Waals surface area contributed by atoms with E-state index in [0.29, 0.717) is 17.7 Å². The number of aryl methyl sites for hydroxylation is 1. The third kappa shape index (κ3) is 2.34. The molecule has 0 saturated heterocycles. The first kappa shape index (κ1) is 13.8. The summed E-state index contributed by atoms with van der Waals surface area (Å²) in [7, 11) is 0. The van der Waals surface area contributed by atoms with Gasteiger partial charge in [0.05, 0.1) is 6.04 Å². The largest absolute Gasteiger partial charge is 0.345 e. The third-order valence-electron chi connectivity index (χ3n) is 4.30. The van der Waals surface area contributed by atoms with Crippen LogP contribution in [0.4, 0.5) is 5.82 Å². The molecule has 0 saturated carbocycles. The highest BCUT2D eigenvalue weighted by Gasteiger charge is 2.28. The molecule has 3 aromatic rings. The van der Waals surface area contributed by atoms with Crippen molar-refractivity contribution in [1.29, 1.82) is 0 Å². The van der Waals surface area contributed by atoms with E-state index in [4.69, 9.17) is 4.98 Å². The topological polar surface area (TPSA) is 54.8 Å². The molecule has 2 aromatic heterocycles. The van der Waals surface area contributed by atoms with Crippen LogP contribution in [0, 0.1) is 6.92 Å². The number of anilines is 1. The molecule has 1 unspecified atom stereocenters. The van der Waals surface area contributed by atoms with Gasteiger partial charge in [0, 0.05) is 30.7 Å². The zero-order valence-corrected chi connectivity index (χ0v) is 13.1. The molecule has 0 fully saturated rings. The van der Waals surface area contributed by atoms with E-state index in [0.717, 1.165) is 17.9 Å². The number of benzene rings is 1. The minimum atomic E-state index is 0.296. The molecule has 0 amide bonds. The lowest BCUT2D eigenvalue weighted by Gasteiger charge is -2.24. The van der Waals surface area contributed by atoms with Crippen LogP contribution in [-0.2, 0) is 6.54 Å². The highest BCUT2D eigenvalue weighted by atomic mass is 15.2. The molecule has 1 aromatic carbocycles. The van der Waals surface area contributed by atoms with Gasteiger partial charge in [0.2, 0.25) is 0 Å². The Hall–Kier alpha value is -2.82. The van der Waals surface area contributed by atoms with E-state index in [9.17, 15) is 0 Å². The van der Waals surface area contributed by atoms with Crippen LogP contribution < -0.4 is 4.90 Å². The van der Waals surface area contributed by atoms with E-state index < -0.39 is 0 Å². The van der Waals surface area contributed by atoms with Crippen molar-refractivity contribution in [1.82, 2.24) is 19.9 Å². The first-order valence-electron chi connectivity index (χ1n) is 7.69. The molecule has 4 rings (SSSR count). The van der Waals surface area contributed by atoms with Gasteiger partial charge < -0.3 is 4.90 Å².